The van der Waals surface area contributed by atoms with Crippen molar-refractivity contribution >= 4 is 12.3 Å². The van der Waals surface area contributed by atoms with Crippen LogP contribution < -0.4 is 4.74 Å². The number of nitrogens with one attached hydrogen (secondary N) is 1. The van der Waals surface area contributed by atoms with Gasteiger partial charge in [0.15, 0.2) is 12.0 Å². The van der Waals surface area contributed by atoms with E-state index in [1.54, 1.807) is 0 Å². The third-order valence-corrected chi connectivity index (χ3v) is 1.27. The predicted octanol–water partition coefficient (Wildman–Crippen LogP) is -0.0710. The molecule has 0 aliphatic heterocycles. The third-order valence-electron chi connectivity index (χ3n) is 1.27. The van der Waals surface area contributed by atoms with Gasteiger partial charge in [-0.25, -0.2) is 4.79 Å². The zero-order valence-electron chi connectivity index (χ0n) is 6.20. The van der Waals surface area contributed by atoms with Crippen molar-refractivity contribution in [2.45, 2.75) is 0 Å². The maximum Gasteiger partial charge on any atom is 0.360 e. The Kier molecular flexibility index (Phi) is 2.09. The van der Waals surface area contributed by atoms with E-state index in [2.05, 4.69) is 14.9 Å². The summed E-state index contributed by atoms with van der Waals surface area (Å²) in [5.74, 6) is -1.28. The summed E-state index contributed by atoms with van der Waals surface area (Å²) in [7, 11) is 1.27. The van der Waals surface area contributed by atoms with Crippen molar-refractivity contribution in [1.82, 2.24) is 10.2 Å². The summed E-state index contributed by atoms with van der Waals surface area (Å²) in [5.41, 5.74) is -0.269. The van der Waals surface area contributed by atoms with Crippen molar-refractivity contribution in [2.24, 2.45) is 0 Å². The minimum absolute atomic E-state index is 0.0231. The molecule has 6 nitrogen and oxygen atoms in total. The standard InChI is InChI=1S/C6H6N2O4/c1-12-5-3(2-9)7-8-4(5)6(10)11/h2H,1H3,(H,7,8)(H,10,11). The first-order valence-electron chi connectivity index (χ1n) is 3.01. The fourth-order valence-corrected chi connectivity index (χ4v) is 0.777. The van der Waals surface area contributed by atoms with Gasteiger partial charge < -0.3 is 9.84 Å². The van der Waals surface area contributed by atoms with Crippen LogP contribution in [0.2, 0.25) is 0 Å². The van der Waals surface area contributed by atoms with E-state index in [0.717, 1.165) is 0 Å². The highest BCUT2D eigenvalue weighted by Gasteiger charge is 2.18. The average molecular weight is 170 g/mol. The fourth-order valence-electron chi connectivity index (χ4n) is 0.777. The number of aromatic nitrogens is 2. The molecule has 1 rings (SSSR count). The molecule has 0 spiro atoms. The van der Waals surface area contributed by atoms with Crippen LogP contribution >= 0.6 is 0 Å². The van der Waals surface area contributed by atoms with E-state index < -0.39 is 5.97 Å². The van der Waals surface area contributed by atoms with Crippen molar-refractivity contribution in [3.8, 4) is 5.75 Å². The van der Waals surface area contributed by atoms with Gasteiger partial charge in [0, 0.05) is 0 Å². The van der Waals surface area contributed by atoms with Gasteiger partial charge >= 0.3 is 5.97 Å². The van der Waals surface area contributed by atoms with Crippen molar-refractivity contribution in [3.63, 3.8) is 0 Å². The molecule has 64 valence electrons. The normalized spacial score (nSPS) is 9.42. The Hall–Kier alpha value is -1.85. The summed E-state index contributed by atoms with van der Waals surface area (Å²) in [4.78, 5) is 20.7. The molecule has 0 fully saturated rings. The number of ether oxygens (including phenoxy) is 1. The number of methoxy groups -OCH3 is 1. The lowest BCUT2D eigenvalue weighted by Crippen LogP contribution is -1.99. The van der Waals surface area contributed by atoms with E-state index in [4.69, 9.17) is 5.11 Å². The number of carbonyl (C=O) groups is 2. The SMILES string of the molecule is COc1c(C(=O)O)n[nH]c1C=O. The Morgan fingerprint density at radius 2 is 2.42 bits per heavy atom. The van der Waals surface area contributed by atoms with Crippen LogP contribution in [-0.2, 0) is 0 Å². The van der Waals surface area contributed by atoms with Gasteiger partial charge in [-0.2, -0.15) is 5.10 Å². The minimum Gasteiger partial charge on any atom is -0.492 e. The van der Waals surface area contributed by atoms with Crippen LogP contribution in [0.15, 0.2) is 0 Å². The van der Waals surface area contributed by atoms with Crippen LogP contribution in [0.25, 0.3) is 0 Å². The van der Waals surface area contributed by atoms with E-state index >= 15 is 0 Å². The molecule has 6 heteroatoms. The Labute approximate surface area is 67.2 Å². The number of nitrogens with zero attached hydrogens (tertiary/aromatic N) is 1. The summed E-state index contributed by atoms with van der Waals surface area (Å²) in [5, 5.41) is 14.1. The number of H-pyrrole nitrogens is 1. The maximum absolute atomic E-state index is 10.4. The lowest BCUT2D eigenvalue weighted by Gasteiger charge is -1.95. The number of aromatic amines is 1. The number of carboxylic acids is 1. The van der Waals surface area contributed by atoms with Gasteiger partial charge in [0.25, 0.3) is 0 Å². The second-order valence-corrected chi connectivity index (χ2v) is 1.94. The van der Waals surface area contributed by atoms with E-state index in [9.17, 15) is 9.59 Å². The van der Waals surface area contributed by atoms with Crippen molar-refractivity contribution in [2.75, 3.05) is 7.11 Å². The summed E-state index contributed by atoms with van der Waals surface area (Å²) >= 11 is 0. The zero-order valence-corrected chi connectivity index (χ0v) is 6.20. The first-order chi connectivity index (χ1) is 5.70. The second-order valence-electron chi connectivity index (χ2n) is 1.94. The van der Waals surface area contributed by atoms with Gasteiger partial charge in [0.2, 0.25) is 5.69 Å². The molecule has 0 amide bonds. The number of rotatable bonds is 3. The molecule has 0 atom stereocenters. The highest BCUT2D eigenvalue weighted by Crippen LogP contribution is 2.18. The molecule has 0 aliphatic rings. The smallest absolute Gasteiger partial charge is 0.360 e. The Morgan fingerprint density at radius 3 is 2.83 bits per heavy atom. The van der Waals surface area contributed by atoms with Gasteiger partial charge in [-0.3, -0.25) is 9.89 Å². The summed E-state index contributed by atoms with van der Waals surface area (Å²) in [6.07, 6.45) is 0.443. The van der Waals surface area contributed by atoms with Crippen LogP contribution in [0.1, 0.15) is 21.0 Å². The molecule has 1 heterocycles. The van der Waals surface area contributed by atoms with Gasteiger partial charge in [-0.1, -0.05) is 0 Å². The lowest BCUT2D eigenvalue weighted by molar-refractivity contribution is 0.0687. The summed E-state index contributed by atoms with van der Waals surface area (Å²) in [6, 6.07) is 0. The van der Waals surface area contributed by atoms with Crippen LogP contribution in [-0.4, -0.2) is 34.7 Å². The molecule has 2 N–H and O–H groups in total. The first-order valence-corrected chi connectivity index (χ1v) is 3.01. The monoisotopic (exact) mass is 170 g/mol. The lowest BCUT2D eigenvalue weighted by atomic mass is 10.3. The molecule has 12 heavy (non-hydrogen) atoms. The maximum atomic E-state index is 10.4. The molecule has 0 bridgehead atoms. The van der Waals surface area contributed by atoms with Crippen LogP contribution in [0.5, 0.6) is 5.75 Å². The second kappa shape index (κ2) is 3.04. The molecule has 0 radical (unpaired) electrons. The van der Waals surface area contributed by atoms with E-state index in [1.165, 1.54) is 7.11 Å². The topological polar surface area (TPSA) is 92.3 Å². The minimum atomic E-state index is -1.24. The number of hydrogen-bond donors (Lipinski definition) is 2. The molecule has 0 saturated carbocycles. The highest BCUT2D eigenvalue weighted by atomic mass is 16.5. The molecular formula is C6H6N2O4. The van der Waals surface area contributed by atoms with Crippen molar-refractivity contribution in [1.29, 1.82) is 0 Å². The van der Waals surface area contributed by atoms with E-state index in [1.807, 2.05) is 0 Å². The Balaban J connectivity index is 3.22. The van der Waals surface area contributed by atoms with Gasteiger partial charge in [-0.15, -0.1) is 0 Å². The molecule has 1 aromatic heterocycles. The predicted molar refractivity (Wildman–Crippen MR) is 37.5 cm³/mol. The van der Waals surface area contributed by atoms with Gasteiger partial charge in [0.05, 0.1) is 7.11 Å². The number of carbonyl (C=O) groups excluding carboxylic acids is 1. The molecular weight excluding hydrogens is 164 g/mol. The third kappa shape index (κ3) is 1.14. The van der Waals surface area contributed by atoms with Crippen molar-refractivity contribution < 1.29 is 19.4 Å². The molecule has 0 aromatic carbocycles. The fraction of sp³-hybridized carbons (Fsp3) is 0.167. The first kappa shape index (κ1) is 8.25. The Bertz CT molecular complexity index is 317. The zero-order chi connectivity index (χ0) is 9.14. The molecule has 0 saturated heterocycles. The van der Waals surface area contributed by atoms with Crippen LogP contribution in [0.4, 0.5) is 0 Å². The number of hydrogen-bond acceptors (Lipinski definition) is 4. The molecule has 0 unspecified atom stereocenters. The highest BCUT2D eigenvalue weighted by molar-refractivity contribution is 5.92. The van der Waals surface area contributed by atoms with Crippen LogP contribution in [0, 0.1) is 0 Å². The quantitative estimate of drug-likeness (QED) is 0.619. The van der Waals surface area contributed by atoms with E-state index in [0.29, 0.717) is 6.29 Å². The van der Waals surface area contributed by atoms with Gasteiger partial charge in [-0.05, 0) is 0 Å². The van der Waals surface area contributed by atoms with Gasteiger partial charge in [0.1, 0.15) is 5.69 Å². The largest absolute Gasteiger partial charge is 0.492 e. The van der Waals surface area contributed by atoms with Crippen molar-refractivity contribution in [3.05, 3.63) is 11.4 Å². The number of aldehydes is 1. The summed E-state index contributed by atoms with van der Waals surface area (Å²) < 4.78 is 4.66. The number of aromatic carboxylic acids is 1. The average Bonchev–Trinajstić information content (AvgIpc) is 2.46. The Morgan fingerprint density at radius 1 is 1.75 bits per heavy atom. The number of carboxylic acid groups (broad SMARTS) is 1. The summed E-state index contributed by atoms with van der Waals surface area (Å²) in [6.45, 7) is 0. The molecule has 1 aromatic rings. The van der Waals surface area contributed by atoms with E-state index in [-0.39, 0.29) is 17.1 Å². The van der Waals surface area contributed by atoms with Crippen LogP contribution in [0.3, 0.4) is 0 Å². The molecule has 0 aliphatic carbocycles.